The van der Waals surface area contributed by atoms with Crippen molar-refractivity contribution in [2.75, 3.05) is 36.3 Å². The SMILES string of the molecule is COc1cc(S(=O)(=O)O)c2nc3c(C#N)c(C)c(N=Nc4cc(C)c(N=Nc5cc(NC(C)=O)c(N=NC(=N)S)cc5SCCCS(=O)(=O)O)cc4OCCCS(=O)(=O)O)c(O)n3c2c1. The van der Waals surface area contributed by atoms with Crippen LogP contribution in [0.5, 0.6) is 17.4 Å². The molecule has 65 heavy (non-hydrogen) atoms. The molecule has 0 bridgehead atoms. The second-order valence-corrected chi connectivity index (χ2v) is 19.6. The van der Waals surface area contributed by atoms with Gasteiger partial charge in [-0.1, -0.05) is 0 Å². The van der Waals surface area contributed by atoms with Crippen LogP contribution in [-0.2, 0) is 35.1 Å². The highest BCUT2D eigenvalue weighted by Crippen LogP contribution is 2.44. The van der Waals surface area contributed by atoms with Gasteiger partial charge in [-0.05, 0) is 56.2 Å². The molecule has 0 fully saturated rings. The van der Waals surface area contributed by atoms with Gasteiger partial charge in [0.1, 0.15) is 50.6 Å². The molecule has 1 amide bonds. The van der Waals surface area contributed by atoms with E-state index in [2.05, 4.69) is 53.6 Å². The molecule has 0 saturated heterocycles. The van der Waals surface area contributed by atoms with E-state index in [1.165, 1.54) is 51.3 Å². The number of carbonyl (C=O) groups excluding carboxylic acids is 1. The van der Waals surface area contributed by atoms with Crippen LogP contribution in [0.3, 0.4) is 0 Å². The molecular weight excluding hydrogens is 955 g/mol. The molecule has 0 aliphatic heterocycles. The van der Waals surface area contributed by atoms with Gasteiger partial charge in [0.25, 0.3) is 30.4 Å². The molecule has 0 radical (unpaired) electrons. The quantitative estimate of drug-likeness (QED) is 0.00840. The van der Waals surface area contributed by atoms with Crippen LogP contribution >= 0.6 is 24.4 Å². The molecule has 0 spiro atoms. The monoisotopic (exact) mass is 991 g/mol. The number of thioether (sulfide) groups is 1. The normalized spacial score (nSPS) is 12.5. The third-order valence-corrected chi connectivity index (χ3v) is 12.4. The van der Waals surface area contributed by atoms with Gasteiger partial charge in [-0.25, -0.2) is 4.98 Å². The number of nitrogens with zero attached hydrogens (tertiary/aromatic N) is 9. The number of hydrogen-bond acceptors (Lipinski definition) is 19. The number of anilines is 1. The average molecular weight is 992 g/mol. The topological polar surface area (TPSA) is 370 Å². The number of azo groups is 3. The minimum absolute atomic E-state index is 0.0102. The molecule has 2 heterocycles. The summed E-state index contributed by atoms with van der Waals surface area (Å²) < 4.78 is 111. The van der Waals surface area contributed by atoms with E-state index in [0.29, 0.717) is 10.5 Å². The van der Waals surface area contributed by atoms with Gasteiger partial charge >= 0.3 is 0 Å². The first-order valence-electron chi connectivity index (χ1n) is 18.3. The van der Waals surface area contributed by atoms with Crippen LogP contribution in [0.2, 0.25) is 0 Å². The van der Waals surface area contributed by atoms with Crippen molar-refractivity contribution in [2.24, 2.45) is 30.7 Å². The van der Waals surface area contributed by atoms with E-state index >= 15 is 0 Å². The third-order valence-electron chi connectivity index (χ3n) is 8.75. The van der Waals surface area contributed by atoms with Crippen molar-refractivity contribution in [3.8, 4) is 23.4 Å². The second-order valence-electron chi connectivity index (χ2n) is 13.5. The van der Waals surface area contributed by atoms with Crippen molar-refractivity contribution in [1.82, 2.24) is 9.38 Å². The van der Waals surface area contributed by atoms with Gasteiger partial charge in [0, 0.05) is 35.6 Å². The molecule has 5 rings (SSSR count). The Kier molecular flexibility index (Phi) is 15.6. The van der Waals surface area contributed by atoms with E-state index in [1.807, 2.05) is 6.07 Å². The number of imidazole rings is 1. The third kappa shape index (κ3) is 12.8. The Morgan fingerprint density at radius 2 is 1.58 bits per heavy atom. The fraction of sp³-hybridized carbons (Fsp3) is 0.278. The van der Waals surface area contributed by atoms with E-state index < -0.39 is 63.7 Å². The highest BCUT2D eigenvalue weighted by Gasteiger charge is 2.26. The Labute approximate surface area is 380 Å². The summed E-state index contributed by atoms with van der Waals surface area (Å²) >= 11 is 4.91. The van der Waals surface area contributed by atoms with Crippen molar-refractivity contribution < 1.29 is 58.3 Å². The minimum Gasteiger partial charge on any atom is -0.497 e. The maximum absolute atomic E-state index is 12.3. The van der Waals surface area contributed by atoms with Crippen LogP contribution < -0.4 is 14.8 Å². The first kappa shape index (κ1) is 49.9. The Morgan fingerprint density at radius 3 is 2.20 bits per heavy atom. The molecule has 24 nitrogen and oxygen atoms in total. The molecule has 0 aliphatic carbocycles. The summed E-state index contributed by atoms with van der Waals surface area (Å²) in [5, 5.41) is 56.3. The van der Waals surface area contributed by atoms with Gasteiger partial charge < -0.3 is 19.9 Å². The molecule has 0 saturated carbocycles. The van der Waals surface area contributed by atoms with Gasteiger partial charge in [-0.15, -0.1) is 50.0 Å². The number of pyridine rings is 1. The molecule has 344 valence electrons. The lowest BCUT2D eigenvalue weighted by Crippen LogP contribution is -2.08. The zero-order valence-corrected chi connectivity index (χ0v) is 38.4. The number of ether oxygens (including phenoxy) is 2. The molecule has 0 aliphatic rings. The smallest absolute Gasteiger partial charge is 0.296 e. The van der Waals surface area contributed by atoms with Crippen molar-refractivity contribution >= 4 is 117 Å². The number of amides is 1. The molecule has 0 unspecified atom stereocenters. The lowest BCUT2D eigenvalue weighted by atomic mass is 10.1. The Bertz CT molecular complexity index is 3220. The number of benzene rings is 3. The summed E-state index contributed by atoms with van der Waals surface area (Å²) in [6.45, 7) is 4.00. The lowest BCUT2D eigenvalue weighted by Gasteiger charge is -2.13. The van der Waals surface area contributed by atoms with Gasteiger partial charge in [-0.3, -0.25) is 28.3 Å². The summed E-state index contributed by atoms with van der Waals surface area (Å²) in [6.07, 6.45) is -0.143. The Hall–Kier alpha value is -6.13. The molecule has 5 aromatic rings. The fourth-order valence-electron chi connectivity index (χ4n) is 5.88. The van der Waals surface area contributed by atoms with Crippen LogP contribution in [0.1, 0.15) is 36.5 Å². The van der Waals surface area contributed by atoms with Crippen molar-refractivity contribution in [3.05, 3.63) is 53.1 Å². The summed E-state index contributed by atoms with van der Waals surface area (Å²) in [6, 6.07) is 9.99. The molecule has 2 aromatic heterocycles. The zero-order valence-electron chi connectivity index (χ0n) is 34.3. The number of aryl methyl sites for hydroxylation is 1. The molecule has 0 atom stereocenters. The zero-order chi connectivity index (χ0) is 48.0. The molecule has 6 N–H and O–H groups in total. The average Bonchev–Trinajstić information content (AvgIpc) is 3.58. The number of aromatic nitrogens is 2. The number of carbonyl (C=O) groups is 1. The van der Waals surface area contributed by atoms with E-state index in [1.54, 1.807) is 6.92 Å². The highest BCUT2D eigenvalue weighted by molar-refractivity contribution is 7.99. The fourth-order valence-corrected chi connectivity index (χ4v) is 8.71. The molecule has 3 aromatic carbocycles. The minimum atomic E-state index is -4.88. The second kappa shape index (κ2) is 20.4. The Morgan fingerprint density at radius 1 is 0.923 bits per heavy atom. The maximum atomic E-state index is 12.3. The summed E-state index contributed by atoms with van der Waals surface area (Å²) in [7, 11) is -12.3. The van der Waals surface area contributed by atoms with Crippen molar-refractivity contribution in [3.63, 3.8) is 0 Å². The maximum Gasteiger partial charge on any atom is 0.296 e. The van der Waals surface area contributed by atoms with Crippen LogP contribution in [0.4, 0.5) is 34.1 Å². The summed E-state index contributed by atoms with van der Waals surface area (Å²) in [4.78, 5) is 16.1. The van der Waals surface area contributed by atoms with Crippen LogP contribution in [0.15, 0.2) is 76.9 Å². The van der Waals surface area contributed by atoms with Gasteiger partial charge in [-0.2, -0.15) is 35.6 Å². The van der Waals surface area contributed by atoms with E-state index in [0.717, 1.165) is 22.2 Å². The number of nitrogens with one attached hydrogen (secondary N) is 2. The number of methoxy groups -OCH3 is 1. The standard InChI is InChI=1S/C36H37N11O13S5/c1-18-11-26(43-45-32-19(2)22(17-37)34-40-33-28(47(34)35(32)49)12-21(59-4)13-31(33)65(56,57)58)29(60-7-5-9-63(50,51)52)15-23(18)41-44-27-14-24(39-20(3)48)25(42-46-36(38)61)16-30(27)62-8-6-10-64(53,54)55/h11-16,49H,5-10H2,1-4H3,(H2,38,61)(H,39,48)(H,50,51,52)(H,53,54,55)(H,56,57,58). The van der Waals surface area contributed by atoms with Crippen molar-refractivity contribution in [2.45, 2.75) is 43.4 Å². The largest absolute Gasteiger partial charge is 0.497 e. The van der Waals surface area contributed by atoms with Gasteiger partial charge in [0.15, 0.2) is 16.5 Å². The number of nitriles is 1. The summed E-state index contributed by atoms with van der Waals surface area (Å²) in [5.41, 5.74) is 0.00238. The van der Waals surface area contributed by atoms with E-state index in [9.17, 15) is 54.1 Å². The van der Waals surface area contributed by atoms with Crippen LogP contribution in [0.25, 0.3) is 16.7 Å². The predicted molar refractivity (Wildman–Crippen MR) is 240 cm³/mol. The van der Waals surface area contributed by atoms with E-state index in [4.69, 9.17) is 14.9 Å². The first-order valence-corrected chi connectivity index (χ1v) is 24.4. The Balaban J connectivity index is 1.65. The number of fused-ring (bicyclic) bond motifs is 3. The number of aromatic hydroxyl groups is 1. The van der Waals surface area contributed by atoms with Crippen LogP contribution in [-0.4, -0.2) is 95.5 Å². The van der Waals surface area contributed by atoms with Crippen LogP contribution in [0, 0.1) is 30.6 Å². The lowest BCUT2D eigenvalue weighted by molar-refractivity contribution is -0.114. The molecule has 29 heteroatoms. The number of rotatable bonds is 18. The predicted octanol–water partition coefficient (Wildman–Crippen LogP) is 7.70. The van der Waals surface area contributed by atoms with Gasteiger partial charge in [0.2, 0.25) is 11.8 Å². The molecular formula is C36H37N11O13S5. The number of hydrogen-bond donors (Lipinski definition) is 7. The van der Waals surface area contributed by atoms with Crippen molar-refractivity contribution in [1.29, 1.82) is 10.7 Å². The summed E-state index contributed by atoms with van der Waals surface area (Å²) in [5.74, 6) is -2.24. The highest BCUT2D eigenvalue weighted by atomic mass is 32.2. The number of thiol groups is 1. The van der Waals surface area contributed by atoms with E-state index in [-0.39, 0.29) is 98.6 Å². The number of amidine groups is 1. The van der Waals surface area contributed by atoms with Gasteiger partial charge in [0.05, 0.1) is 42.1 Å². The first-order chi connectivity index (χ1) is 30.4.